The van der Waals surface area contributed by atoms with E-state index in [9.17, 15) is 4.79 Å². The number of piperidine rings is 2. The molecule has 0 aliphatic carbocycles. The van der Waals surface area contributed by atoms with Crippen LogP contribution in [0.2, 0.25) is 0 Å². The molecule has 0 amide bonds. The molecule has 0 radical (unpaired) electrons. The first kappa shape index (κ1) is 9.00. The minimum Gasteiger partial charge on any atom is -0.469 e. The summed E-state index contributed by atoms with van der Waals surface area (Å²) in [6.07, 6.45) is 5.72. The molecule has 0 spiro atoms. The Bertz CT molecular complexity index is 193. The standard InChI is InChI=1S/C10H17NO2/c1-13-10(12)7-5-8-3-2-4-9(6-7)11-8/h7-9,11H,2-6H2,1H3/t7?,8-,9+. The van der Waals surface area contributed by atoms with E-state index in [2.05, 4.69) is 5.32 Å². The van der Waals surface area contributed by atoms with Crippen LogP contribution in [0.15, 0.2) is 0 Å². The lowest BCUT2D eigenvalue weighted by Crippen LogP contribution is -2.50. The van der Waals surface area contributed by atoms with Gasteiger partial charge < -0.3 is 10.1 Å². The maximum absolute atomic E-state index is 11.3. The van der Waals surface area contributed by atoms with Gasteiger partial charge in [-0.25, -0.2) is 0 Å². The number of ether oxygens (including phenoxy) is 1. The van der Waals surface area contributed by atoms with Crippen molar-refractivity contribution in [3.05, 3.63) is 0 Å². The molecule has 1 N–H and O–H groups in total. The van der Waals surface area contributed by atoms with Crippen LogP contribution in [0.5, 0.6) is 0 Å². The van der Waals surface area contributed by atoms with Gasteiger partial charge in [-0.05, 0) is 25.7 Å². The number of hydrogen-bond acceptors (Lipinski definition) is 3. The summed E-state index contributed by atoms with van der Waals surface area (Å²) in [4.78, 5) is 11.3. The van der Waals surface area contributed by atoms with Crippen molar-refractivity contribution in [1.82, 2.24) is 5.32 Å². The van der Waals surface area contributed by atoms with E-state index in [1.54, 1.807) is 0 Å². The van der Waals surface area contributed by atoms with Crippen molar-refractivity contribution in [1.29, 1.82) is 0 Å². The highest BCUT2D eigenvalue weighted by Gasteiger charge is 2.34. The van der Waals surface area contributed by atoms with Gasteiger partial charge in [0, 0.05) is 12.1 Å². The minimum absolute atomic E-state index is 0.0154. The quantitative estimate of drug-likeness (QED) is 0.618. The van der Waals surface area contributed by atoms with Crippen LogP contribution in [0.3, 0.4) is 0 Å². The summed E-state index contributed by atoms with van der Waals surface area (Å²) in [6, 6.07) is 1.13. The molecule has 2 saturated heterocycles. The highest BCUT2D eigenvalue weighted by atomic mass is 16.5. The van der Waals surface area contributed by atoms with Crippen molar-refractivity contribution in [2.45, 2.75) is 44.2 Å². The van der Waals surface area contributed by atoms with Crippen LogP contribution in [-0.2, 0) is 9.53 Å². The molecule has 2 fully saturated rings. The lowest BCUT2D eigenvalue weighted by atomic mass is 9.80. The van der Waals surface area contributed by atoms with Gasteiger partial charge in [0.2, 0.25) is 0 Å². The summed E-state index contributed by atoms with van der Waals surface area (Å²) >= 11 is 0. The minimum atomic E-state index is -0.0154. The molecule has 1 unspecified atom stereocenters. The van der Waals surface area contributed by atoms with Gasteiger partial charge >= 0.3 is 5.97 Å². The molecular weight excluding hydrogens is 166 g/mol. The van der Waals surface area contributed by atoms with Gasteiger partial charge in [0.05, 0.1) is 13.0 Å². The first-order valence-electron chi connectivity index (χ1n) is 5.13. The number of carbonyl (C=O) groups excluding carboxylic acids is 1. The average Bonchev–Trinajstić information content (AvgIpc) is 2.16. The Hall–Kier alpha value is -0.570. The van der Waals surface area contributed by atoms with E-state index in [1.165, 1.54) is 26.4 Å². The second kappa shape index (κ2) is 3.66. The number of esters is 1. The third-order valence-corrected chi connectivity index (χ3v) is 3.25. The van der Waals surface area contributed by atoms with Crippen molar-refractivity contribution >= 4 is 5.97 Å². The highest BCUT2D eigenvalue weighted by molar-refractivity contribution is 5.72. The number of fused-ring (bicyclic) bond motifs is 2. The molecule has 0 aromatic heterocycles. The SMILES string of the molecule is COC(=O)C1C[C@H]2CCC[C@@H](C1)N2. The fraction of sp³-hybridized carbons (Fsp3) is 0.900. The topological polar surface area (TPSA) is 38.3 Å². The Morgan fingerprint density at radius 2 is 1.92 bits per heavy atom. The van der Waals surface area contributed by atoms with E-state index < -0.39 is 0 Å². The van der Waals surface area contributed by atoms with Gasteiger partial charge in [-0.1, -0.05) is 6.42 Å². The van der Waals surface area contributed by atoms with Crippen molar-refractivity contribution in [2.75, 3.05) is 7.11 Å². The summed E-state index contributed by atoms with van der Waals surface area (Å²) < 4.78 is 4.79. The van der Waals surface area contributed by atoms with Crippen LogP contribution < -0.4 is 5.32 Å². The first-order chi connectivity index (χ1) is 6.29. The molecule has 3 nitrogen and oxygen atoms in total. The number of nitrogens with one attached hydrogen (secondary N) is 1. The maximum Gasteiger partial charge on any atom is 0.308 e. The van der Waals surface area contributed by atoms with Crippen molar-refractivity contribution in [3.63, 3.8) is 0 Å². The lowest BCUT2D eigenvalue weighted by molar-refractivity contribution is -0.147. The molecule has 3 atom stereocenters. The Morgan fingerprint density at radius 3 is 2.46 bits per heavy atom. The van der Waals surface area contributed by atoms with Crippen LogP contribution in [0, 0.1) is 5.92 Å². The molecule has 2 aliphatic rings. The van der Waals surface area contributed by atoms with E-state index in [1.807, 2.05) is 0 Å². The van der Waals surface area contributed by atoms with Gasteiger partial charge in [0.1, 0.15) is 0 Å². The van der Waals surface area contributed by atoms with E-state index >= 15 is 0 Å². The Balaban J connectivity index is 1.97. The number of carbonyl (C=O) groups is 1. The van der Waals surface area contributed by atoms with E-state index in [4.69, 9.17) is 4.74 Å². The normalized spacial score (nSPS) is 38.4. The average molecular weight is 183 g/mol. The highest BCUT2D eigenvalue weighted by Crippen LogP contribution is 2.30. The smallest absolute Gasteiger partial charge is 0.308 e. The monoisotopic (exact) mass is 183 g/mol. The molecule has 13 heavy (non-hydrogen) atoms. The molecule has 2 heterocycles. The largest absolute Gasteiger partial charge is 0.469 e. The summed E-state index contributed by atoms with van der Waals surface area (Å²) in [5.41, 5.74) is 0. The van der Waals surface area contributed by atoms with Crippen LogP contribution in [0.1, 0.15) is 32.1 Å². The zero-order chi connectivity index (χ0) is 9.26. The number of rotatable bonds is 1. The summed E-state index contributed by atoms with van der Waals surface area (Å²) in [5.74, 6) is 0.139. The maximum atomic E-state index is 11.3. The zero-order valence-electron chi connectivity index (χ0n) is 8.08. The number of methoxy groups -OCH3 is 1. The third kappa shape index (κ3) is 1.85. The second-order valence-corrected chi connectivity index (χ2v) is 4.18. The van der Waals surface area contributed by atoms with Gasteiger partial charge in [-0.2, -0.15) is 0 Å². The molecule has 2 aliphatic heterocycles. The van der Waals surface area contributed by atoms with E-state index in [-0.39, 0.29) is 11.9 Å². The van der Waals surface area contributed by atoms with Crippen molar-refractivity contribution in [2.24, 2.45) is 5.92 Å². The van der Waals surface area contributed by atoms with Crippen LogP contribution in [0.4, 0.5) is 0 Å². The zero-order valence-corrected chi connectivity index (χ0v) is 8.08. The van der Waals surface area contributed by atoms with Gasteiger partial charge in [0.15, 0.2) is 0 Å². The summed E-state index contributed by atoms with van der Waals surface area (Å²) in [5, 5.41) is 3.55. The fourth-order valence-corrected chi connectivity index (χ4v) is 2.62. The molecule has 3 heteroatoms. The molecule has 74 valence electrons. The summed E-state index contributed by atoms with van der Waals surface area (Å²) in [7, 11) is 1.49. The van der Waals surface area contributed by atoms with Gasteiger partial charge in [-0.15, -0.1) is 0 Å². The van der Waals surface area contributed by atoms with E-state index in [0.29, 0.717) is 12.1 Å². The molecule has 0 aromatic carbocycles. The van der Waals surface area contributed by atoms with Crippen molar-refractivity contribution < 1.29 is 9.53 Å². The van der Waals surface area contributed by atoms with Crippen molar-refractivity contribution in [3.8, 4) is 0 Å². The third-order valence-electron chi connectivity index (χ3n) is 3.25. The Kier molecular flexibility index (Phi) is 2.54. The molecule has 0 saturated carbocycles. The molecule has 2 bridgehead atoms. The number of hydrogen-bond donors (Lipinski definition) is 1. The molecule has 2 rings (SSSR count). The van der Waals surface area contributed by atoms with Crippen LogP contribution >= 0.6 is 0 Å². The Labute approximate surface area is 78.8 Å². The lowest BCUT2D eigenvalue weighted by Gasteiger charge is -2.39. The first-order valence-corrected chi connectivity index (χ1v) is 5.13. The van der Waals surface area contributed by atoms with Gasteiger partial charge in [0.25, 0.3) is 0 Å². The van der Waals surface area contributed by atoms with Gasteiger partial charge in [-0.3, -0.25) is 4.79 Å². The second-order valence-electron chi connectivity index (χ2n) is 4.18. The molecule has 0 aromatic rings. The van der Waals surface area contributed by atoms with E-state index in [0.717, 1.165) is 12.8 Å². The molecular formula is C10H17NO2. The summed E-state index contributed by atoms with van der Waals surface area (Å²) in [6.45, 7) is 0. The predicted molar refractivity (Wildman–Crippen MR) is 49.3 cm³/mol. The Morgan fingerprint density at radius 1 is 1.31 bits per heavy atom. The van der Waals surface area contributed by atoms with Crippen LogP contribution in [0.25, 0.3) is 0 Å². The van der Waals surface area contributed by atoms with Crippen LogP contribution in [-0.4, -0.2) is 25.2 Å². The predicted octanol–water partition coefficient (Wildman–Crippen LogP) is 1.08. The fourth-order valence-electron chi connectivity index (χ4n) is 2.62.